The molecule has 0 spiro atoms. The van der Waals surface area contributed by atoms with Crippen molar-refractivity contribution in [3.63, 3.8) is 0 Å². The van der Waals surface area contributed by atoms with Crippen LogP contribution in [-0.2, 0) is 13.0 Å². The second-order valence-electron chi connectivity index (χ2n) is 6.15. The molecule has 0 amide bonds. The highest BCUT2D eigenvalue weighted by molar-refractivity contribution is 14.0. The first-order valence-corrected chi connectivity index (χ1v) is 9.83. The van der Waals surface area contributed by atoms with Crippen LogP contribution < -0.4 is 15.0 Å². The number of nitrogens with one attached hydrogen (secondary N) is 1. The number of aromatic nitrogens is 1. The van der Waals surface area contributed by atoms with Crippen molar-refractivity contribution in [2.24, 2.45) is 4.99 Å². The van der Waals surface area contributed by atoms with Crippen LogP contribution in [-0.4, -0.2) is 56.2 Å². The zero-order chi connectivity index (χ0) is 18.4. The molecule has 0 unspecified atom stereocenters. The number of anilines is 1. The van der Waals surface area contributed by atoms with Crippen molar-refractivity contribution in [2.45, 2.75) is 19.9 Å². The van der Waals surface area contributed by atoms with Crippen LogP contribution >= 0.6 is 35.3 Å². The minimum absolute atomic E-state index is 0. The fourth-order valence-corrected chi connectivity index (χ4v) is 3.87. The first-order valence-electron chi connectivity index (χ1n) is 9.01. The molecular weight excluding hydrogens is 473 g/mol. The smallest absolute Gasteiger partial charge is 0.194 e. The third-order valence-electron chi connectivity index (χ3n) is 4.56. The van der Waals surface area contributed by atoms with E-state index in [4.69, 9.17) is 4.74 Å². The number of hydrogen-bond donors (Lipinski definition) is 1. The molecule has 1 aromatic heterocycles. The molecule has 1 aliphatic heterocycles. The number of piperazine rings is 1. The Kier molecular flexibility index (Phi) is 8.62. The first kappa shape index (κ1) is 21.7. The molecule has 1 N–H and O–H groups in total. The summed E-state index contributed by atoms with van der Waals surface area (Å²) in [5.74, 6) is 1.85. The van der Waals surface area contributed by atoms with Crippen LogP contribution in [0.2, 0.25) is 0 Å². The number of nitrogens with zero attached hydrogens (tertiary/aromatic N) is 4. The quantitative estimate of drug-likeness (QED) is 0.388. The Hall–Kier alpha value is -1.55. The molecule has 2 aromatic rings. The van der Waals surface area contributed by atoms with E-state index in [9.17, 15) is 0 Å². The van der Waals surface area contributed by atoms with Gasteiger partial charge in [-0.2, -0.15) is 0 Å². The number of halogens is 1. The lowest BCUT2D eigenvalue weighted by molar-refractivity contribution is 0.372. The van der Waals surface area contributed by atoms with Gasteiger partial charge in [0.05, 0.1) is 13.7 Å². The Labute approximate surface area is 182 Å². The zero-order valence-electron chi connectivity index (χ0n) is 16.1. The summed E-state index contributed by atoms with van der Waals surface area (Å²) in [5.41, 5.74) is 1.21. The van der Waals surface area contributed by atoms with Crippen molar-refractivity contribution in [1.29, 1.82) is 0 Å². The summed E-state index contributed by atoms with van der Waals surface area (Å²) in [6, 6.07) is 8.25. The van der Waals surface area contributed by atoms with Gasteiger partial charge in [-0.05, 0) is 18.6 Å². The highest BCUT2D eigenvalue weighted by Crippen LogP contribution is 2.22. The van der Waals surface area contributed by atoms with E-state index in [1.165, 1.54) is 10.6 Å². The number of thiazole rings is 1. The summed E-state index contributed by atoms with van der Waals surface area (Å²) in [6.07, 6.45) is 3.01. The fraction of sp³-hybridized carbons (Fsp3) is 0.474. The highest BCUT2D eigenvalue weighted by Gasteiger charge is 2.20. The third kappa shape index (κ3) is 5.71. The minimum atomic E-state index is 0. The maximum atomic E-state index is 5.34. The lowest BCUT2D eigenvalue weighted by atomic mass is 10.2. The molecule has 148 valence electrons. The van der Waals surface area contributed by atoms with Gasteiger partial charge in [-0.15, -0.1) is 35.3 Å². The second kappa shape index (κ2) is 10.7. The van der Waals surface area contributed by atoms with Crippen molar-refractivity contribution in [2.75, 3.05) is 45.2 Å². The summed E-state index contributed by atoms with van der Waals surface area (Å²) in [5, 5.41) is 4.56. The third-order valence-corrected chi connectivity index (χ3v) is 5.70. The number of methoxy groups -OCH3 is 1. The molecule has 27 heavy (non-hydrogen) atoms. The Morgan fingerprint density at radius 2 is 2.07 bits per heavy atom. The zero-order valence-corrected chi connectivity index (χ0v) is 19.3. The molecular formula is C19H28IN5OS. The van der Waals surface area contributed by atoms with Crippen molar-refractivity contribution in [1.82, 2.24) is 15.2 Å². The predicted octanol–water partition coefficient (Wildman–Crippen LogP) is 3.23. The minimum Gasteiger partial charge on any atom is -0.497 e. The van der Waals surface area contributed by atoms with Crippen LogP contribution in [0.3, 0.4) is 0 Å². The maximum Gasteiger partial charge on any atom is 0.194 e. The molecule has 0 aliphatic carbocycles. The second-order valence-corrected chi connectivity index (χ2v) is 7.35. The van der Waals surface area contributed by atoms with E-state index in [2.05, 4.69) is 44.1 Å². The number of hydrogen-bond acceptors (Lipinski definition) is 5. The van der Waals surface area contributed by atoms with Gasteiger partial charge < -0.3 is 19.9 Å². The number of aliphatic imine (C=N–C) groups is 1. The number of rotatable bonds is 5. The average Bonchev–Trinajstić information content (AvgIpc) is 3.17. The fourth-order valence-electron chi connectivity index (χ4n) is 3.06. The average molecular weight is 501 g/mol. The van der Waals surface area contributed by atoms with Gasteiger partial charge in [0.15, 0.2) is 5.96 Å². The molecule has 1 fully saturated rings. The Bertz CT molecular complexity index is 743. The lowest BCUT2D eigenvalue weighted by Gasteiger charge is -2.37. The van der Waals surface area contributed by atoms with E-state index in [0.29, 0.717) is 0 Å². The molecule has 0 bridgehead atoms. The summed E-state index contributed by atoms with van der Waals surface area (Å²) < 4.78 is 5.34. The van der Waals surface area contributed by atoms with E-state index in [1.54, 1.807) is 18.4 Å². The monoisotopic (exact) mass is 501 g/mol. The molecule has 0 radical (unpaired) electrons. The van der Waals surface area contributed by atoms with Crippen LogP contribution in [0.4, 0.5) is 5.69 Å². The van der Waals surface area contributed by atoms with Gasteiger partial charge in [-0.1, -0.05) is 13.0 Å². The lowest BCUT2D eigenvalue weighted by Crippen LogP contribution is -2.52. The molecule has 0 atom stereocenters. The molecule has 1 saturated heterocycles. The van der Waals surface area contributed by atoms with E-state index in [0.717, 1.165) is 55.9 Å². The van der Waals surface area contributed by atoms with Gasteiger partial charge >= 0.3 is 0 Å². The normalized spacial score (nSPS) is 14.7. The van der Waals surface area contributed by atoms with Crippen molar-refractivity contribution in [3.8, 4) is 5.75 Å². The van der Waals surface area contributed by atoms with Gasteiger partial charge in [0.1, 0.15) is 10.8 Å². The van der Waals surface area contributed by atoms with E-state index in [1.807, 2.05) is 25.4 Å². The van der Waals surface area contributed by atoms with Gasteiger partial charge in [-0.3, -0.25) is 4.99 Å². The molecule has 6 nitrogen and oxygen atoms in total. The summed E-state index contributed by atoms with van der Waals surface area (Å²) in [4.78, 5) is 14.9. The summed E-state index contributed by atoms with van der Waals surface area (Å²) in [6.45, 7) is 6.69. The van der Waals surface area contributed by atoms with Crippen LogP contribution in [0.15, 0.2) is 35.5 Å². The van der Waals surface area contributed by atoms with Crippen LogP contribution in [0.25, 0.3) is 0 Å². The summed E-state index contributed by atoms with van der Waals surface area (Å²) >= 11 is 1.77. The number of guanidine groups is 1. The van der Waals surface area contributed by atoms with Gasteiger partial charge in [0.25, 0.3) is 0 Å². The number of ether oxygens (including phenoxy) is 1. The van der Waals surface area contributed by atoms with E-state index >= 15 is 0 Å². The largest absolute Gasteiger partial charge is 0.497 e. The van der Waals surface area contributed by atoms with Gasteiger partial charge in [0, 0.05) is 56.1 Å². The Morgan fingerprint density at radius 1 is 1.30 bits per heavy atom. The molecule has 8 heteroatoms. The van der Waals surface area contributed by atoms with Gasteiger partial charge in [0.2, 0.25) is 0 Å². The topological polar surface area (TPSA) is 53.0 Å². The van der Waals surface area contributed by atoms with Gasteiger partial charge in [-0.25, -0.2) is 4.98 Å². The first-order chi connectivity index (χ1) is 12.7. The SMILES string of the molecule is CCc1cnc(CNC(=NC)N2CCN(c3cccc(OC)c3)CC2)s1.I. The summed E-state index contributed by atoms with van der Waals surface area (Å²) in [7, 11) is 3.55. The van der Waals surface area contributed by atoms with E-state index < -0.39 is 0 Å². The molecule has 1 aromatic carbocycles. The van der Waals surface area contributed by atoms with Crippen LogP contribution in [0, 0.1) is 0 Å². The van der Waals surface area contributed by atoms with Crippen LogP contribution in [0.1, 0.15) is 16.8 Å². The molecule has 2 heterocycles. The standard InChI is InChI=1S/C19H27N5OS.HI/c1-4-17-13-21-18(26-17)14-22-19(20-2)24-10-8-23(9-11-24)15-6-5-7-16(12-15)25-3;/h5-7,12-13H,4,8-11,14H2,1-3H3,(H,20,22);1H. The van der Waals surface area contributed by atoms with Crippen molar-refractivity contribution < 1.29 is 4.74 Å². The highest BCUT2D eigenvalue weighted by atomic mass is 127. The molecule has 0 saturated carbocycles. The van der Waals surface area contributed by atoms with Crippen molar-refractivity contribution >= 4 is 47.0 Å². The molecule has 1 aliphatic rings. The molecule has 3 rings (SSSR count). The van der Waals surface area contributed by atoms with E-state index in [-0.39, 0.29) is 24.0 Å². The number of benzene rings is 1. The van der Waals surface area contributed by atoms with Crippen LogP contribution in [0.5, 0.6) is 5.75 Å². The number of aryl methyl sites for hydroxylation is 1. The Balaban J connectivity index is 0.00000261. The van der Waals surface area contributed by atoms with Crippen molar-refractivity contribution in [3.05, 3.63) is 40.3 Å². The maximum absolute atomic E-state index is 5.34. The Morgan fingerprint density at radius 3 is 2.70 bits per heavy atom. The predicted molar refractivity (Wildman–Crippen MR) is 124 cm³/mol.